The number of fused-ring (bicyclic) bond motifs is 4. The van der Waals surface area contributed by atoms with Crippen LogP contribution in [0, 0.1) is 0 Å². The zero-order chi connectivity index (χ0) is 17.1. The van der Waals surface area contributed by atoms with Gasteiger partial charge in [0.1, 0.15) is 12.6 Å². The molecule has 2 aliphatic heterocycles. The fourth-order valence-corrected chi connectivity index (χ4v) is 5.12. The molecule has 0 bridgehead atoms. The van der Waals surface area contributed by atoms with E-state index in [1.54, 1.807) is 0 Å². The second-order valence-electron chi connectivity index (χ2n) is 7.66. The normalized spacial score (nSPS) is 27.1. The molecule has 0 spiro atoms. The van der Waals surface area contributed by atoms with Gasteiger partial charge in [-0.2, -0.15) is 0 Å². The van der Waals surface area contributed by atoms with Gasteiger partial charge in [0.25, 0.3) is 0 Å². The molecule has 1 aromatic heterocycles. The average Bonchev–Trinajstić information content (AvgIpc) is 3.26. The monoisotopic (exact) mass is 337 g/mol. The van der Waals surface area contributed by atoms with Crippen LogP contribution in [0.25, 0.3) is 10.9 Å². The molecular weight excluding hydrogens is 314 g/mol. The van der Waals surface area contributed by atoms with Gasteiger partial charge in [0, 0.05) is 29.1 Å². The predicted molar refractivity (Wildman–Crippen MR) is 95.0 cm³/mol. The average molecular weight is 337 g/mol. The van der Waals surface area contributed by atoms with E-state index in [4.69, 9.17) is 0 Å². The number of carbonyl (C=O) groups is 2. The van der Waals surface area contributed by atoms with Crippen molar-refractivity contribution in [1.82, 2.24) is 14.8 Å². The number of nitrogens with one attached hydrogen (secondary N) is 1. The number of nitrogens with zero attached hydrogens (tertiary/aromatic N) is 2. The van der Waals surface area contributed by atoms with Crippen LogP contribution >= 0.6 is 0 Å². The minimum Gasteiger partial charge on any atom is -0.356 e. The Hall–Kier alpha value is -2.30. The fraction of sp³-hybridized carbons (Fsp3) is 0.500. The molecule has 1 aromatic carbocycles. The molecular formula is C20H23N3O2. The first-order valence-corrected chi connectivity index (χ1v) is 9.36. The minimum atomic E-state index is -0.344. The Morgan fingerprint density at radius 3 is 2.68 bits per heavy atom. The smallest absolute Gasteiger partial charge is 0.246 e. The molecule has 2 fully saturated rings. The first-order chi connectivity index (χ1) is 12.1. The van der Waals surface area contributed by atoms with E-state index in [2.05, 4.69) is 17.1 Å². The van der Waals surface area contributed by atoms with Crippen molar-refractivity contribution in [3.63, 3.8) is 0 Å². The van der Waals surface area contributed by atoms with Gasteiger partial charge in [0.15, 0.2) is 0 Å². The molecule has 3 aliphatic rings. The third-order valence-corrected chi connectivity index (χ3v) is 6.34. The van der Waals surface area contributed by atoms with Crippen molar-refractivity contribution in [3.05, 3.63) is 35.5 Å². The Kier molecular flexibility index (Phi) is 3.21. The zero-order valence-corrected chi connectivity index (χ0v) is 14.5. The lowest BCUT2D eigenvalue weighted by Crippen LogP contribution is -2.64. The number of piperazine rings is 1. The van der Waals surface area contributed by atoms with Crippen LogP contribution in [-0.2, 0) is 16.0 Å². The number of carbonyl (C=O) groups excluding carboxylic acids is 2. The van der Waals surface area contributed by atoms with Crippen molar-refractivity contribution < 1.29 is 9.59 Å². The summed E-state index contributed by atoms with van der Waals surface area (Å²) in [5.41, 5.74) is 3.39. The van der Waals surface area contributed by atoms with Gasteiger partial charge in [-0.1, -0.05) is 31.0 Å². The van der Waals surface area contributed by atoms with Crippen molar-refractivity contribution in [1.29, 1.82) is 0 Å². The SMILES string of the molecule is C[C@@H]1c2[nH]c3ccccc3c2C[C@H]2C(=O)N(C3CCCC3)CC(=O)N12. The quantitative estimate of drug-likeness (QED) is 0.870. The molecule has 5 nitrogen and oxygen atoms in total. The summed E-state index contributed by atoms with van der Waals surface area (Å²) < 4.78 is 0. The number of amides is 2. The van der Waals surface area contributed by atoms with Gasteiger partial charge < -0.3 is 14.8 Å². The lowest BCUT2D eigenvalue weighted by molar-refractivity contribution is -0.161. The summed E-state index contributed by atoms with van der Waals surface area (Å²) >= 11 is 0. The largest absolute Gasteiger partial charge is 0.356 e. The molecule has 1 saturated heterocycles. The minimum absolute atomic E-state index is 0.0803. The fourth-order valence-electron chi connectivity index (χ4n) is 5.12. The number of H-pyrrole nitrogens is 1. The Bertz CT molecular complexity index is 865. The lowest BCUT2D eigenvalue weighted by atomic mass is 9.89. The number of aromatic nitrogens is 1. The number of rotatable bonds is 1. The third-order valence-electron chi connectivity index (χ3n) is 6.34. The summed E-state index contributed by atoms with van der Waals surface area (Å²) in [6.07, 6.45) is 5.04. The van der Waals surface area contributed by atoms with Crippen LogP contribution in [0.1, 0.15) is 49.9 Å². The Balaban J connectivity index is 1.57. The summed E-state index contributed by atoms with van der Waals surface area (Å²) in [6.45, 7) is 2.29. The molecule has 0 radical (unpaired) electrons. The van der Waals surface area contributed by atoms with Gasteiger partial charge >= 0.3 is 0 Å². The molecule has 2 atom stereocenters. The number of benzene rings is 1. The predicted octanol–water partition coefficient (Wildman–Crippen LogP) is 2.77. The highest BCUT2D eigenvalue weighted by Crippen LogP contribution is 2.39. The number of para-hydroxylation sites is 1. The van der Waals surface area contributed by atoms with E-state index >= 15 is 0 Å². The van der Waals surface area contributed by atoms with Crippen LogP contribution in [0.5, 0.6) is 0 Å². The molecule has 130 valence electrons. The highest BCUT2D eigenvalue weighted by atomic mass is 16.2. The third kappa shape index (κ3) is 2.08. The van der Waals surface area contributed by atoms with Gasteiger partial charge in [-0.05, 0) is 31.4 Å². The van der Waals surface area contributed by atoms with Crippen LogP contribution in [0.3, 0.4) is 0 Å². The van der Waals surface area contributed by atoms with E-state index in [1.807, 2.05) is 28.9 Å². The van der Waals surface area contributed by atoms with Crippen molar-refractivity contribution in [2.24, 2.45) is 0 Å². The van der Waals surface area contributed by atoms with Gasteiger partial charge in [0.05, 0.1) is 6.04 Å². The van der Waals surface area contributed by atoms with Crippen LogP contribution in [0.2, 0.25) is 0 Å². The summed E-state index contributed by atoms with van der Waals surface area (Å²) in [5, 5.41) is 1.18. The Morgan fingerprint density at radius 2 is 1.88 bits per heavy atom. The maximum atomic E-state index is 13.2. The van der Waals surface area contributed by atoms with Crippen molar-refractivity contribution in [2.75, 3.05) is 6.54 Å². The standard InChI is InChI=1S/C20H23N3O2/c1-12-19-15(14-8-4-5-9-16(14)21-19)10-17-20(25)22(11-18(24)23(12)17)13-6-2-3-7-13/h4-5,8-9,12-13,17,21H,2-3,6-7,10-11H2,1H3/t12-,17+/m1/s1. The Labute approximate surface area is 147 Å². The summed E-state index contributed by atoms with van der Waals surface area (Å²) in [7, 11) is 0. The van der Waals surface area contributed by atoms with Crippen LogP contribution in [-0.4, -0.2) is 45.2 Å². The molecule has 25 heavy (non-hydrogen) atoms. The highest BCUT2D eigenvalue weighted by molar-refractivity contribution is 5.97. The molecule has 1 N–H and O–H groups in total. The van der Waals surface area contributed by atoms with E-state index in [0.29, 0.717) is 6.42 Å². The molecule has 1 saturated carbocycles. The first-order valence-electron chi connectivity index (χ1n) is 9.36. The van der Waals surface area contributed by atoms with E-state index < -0.39 is 0 Å². The second-order valence-corrected chi connectivity index (χ2v) is 7.66. The first kappa shape index (κ1) is 15.0. The molecule has 0 unspecified atom stereocenters. The Morgan fingerprint density at radius 1 is 1.12 bits per heavy atom. The zero-order valence-electron chi connectivity index (χ0n) is 14.5. The van der Waals surface area contributed by atoms with Crippen molar-refractivity contribution in [2.45, 2.75) is 57.2 Å². The van der Waals surface area contributed by atoms with E-state index in [9.17, 15) is 9.59 Å². The summed E-state index contributed by atoms with van der Waals surface area (Å²) in [6, 6.07) is 8.06. The van der Waals surface area contributed by atoms with Gasteiger partial charge in [-0.25, -0.2) is 0 Å². The summed E-state index contributed by atoms with van der Waals surface area (Å²) in [5.74, 6) is 0.239. The van der Waals surface area contributed by atoms with Gasteiger partial charge in [-0.15, -0.1) is 0 Å². The molecule has 2 aromatic rings. The van der Waals surface area contributed by atoms with E-state index in [-0.39, 0.29) is 36.5 Å². The lowest BCUT2D eigenvalue weighted by Gasteiger charge is -2.47. The molecule has 2 amide bonds. The van der Waals surface area contributed by atoms with Crippen molar-refractivity contribution >= 4 is 22.7 Å². The van der Waals surface area contributed by atoms with Crippen LogP contribution < -0.4 is 0 Å². The number of aromatic amines is 1. The molecule has 1 aliphatic carbocycles. The molecule has 5 rings (SSSR count). The summed E-state index contributed by atoms with van der Waals surface area (Å²) in [4.78, 5) is 33.3. The second kappa shape index (κ2) is 5.35. The van der Waals surface area contributed by atoms with Gasteiger partial charge in [-0.3, -0.25) is 9.59 Å². The molecule has 5 heteroatoms. The molecule has 3 heterocycles. The van der Waals surface area contributed by atoms with E-state index in [1.165, 1.54) is 23.8 Å². The van der Waals surface area contributed by atoms with E-state index in [0.717, 1.165) is 24.1 Å². The van der Waals surface area contributed by atoms with Crippen LogP contribution in [0.4, 0.5) is 0 Å². The topological polar surface area (TPSA) is 56.4 Å². The highest BCUT2D eigenvalue weighted by Gasteiger charge is 2.47. The van der Waals surface area contributed by atoms with Crippen molar-refractivity contribution in [3.8, 4) is 0 Å². The maximum absolute atomic E-state index is 13.2. The number of hydrogen-bond donors (Lipinski definition) is 1. The maximum Gasteiger partial charge on any atom is 0.246 e. The van der Waals surface area contributed by atoms with Gasteiger partial charge in [0.2, 0.25) is 11.8 Å². The van der Waals surface area contributed by atoms with Crippen LogP contribution in [0.15, 0.2) is 24.3 Å². The number of hydrogen-bond acceptors (Lipinski definition) is 2.